The lowest BCUT2D eigenvalue weighted by molar-refractivity contribution is 0.670. The topological polar surface area (TPSA) is 13.1 Å². The maximum atomic E-state index is 6.72. The van der Waals surface area contributed by atoms with E-state index in [-0.39, 0.29) is 0 Å². The van der Waals surface area contributed by atoms with Crippen LogP contribution in [0.1, 0.15) is 0 Å². The molecule has 1 nitrogen and oxygen atoms in total. The van der Waals surface area contributed by atoms with Crippen molar-refractivity contribution in [3.8, 4) is 22.3 Å². The average molecular weight is 521 g/mol. The molecular weight excluding hydrogens is 496 g/mol. The van der Waals surface area contributed by atoms with Crippen LogP contribution < -0.4 is 0 Å². The minimum Gasteiger partial charge on any atom is -0.455 e. The summed E-state index contributed by atoms with van der Waals surface area (Å²) in [6.45, 7) is 0. The molecule has 0 radical (unpaired) electrons. The maximum Gasteiger partial charge on any atom is 0.143 e. The Balaban J connectivity index is 1.53. The fourth-order valence-electron chi connectivity index (χ4n) is 6.90. The lowest BCUT2D eigenvalue weighted by atomic mass is 9.83. The summed E-state index contributed by atoms with van der Waals surface area (Å²) in [6, 6.07) is 52.5. The molecular formula is C40H24O. The molecule has 1 heterocycles. The molecule has 1 heteroatoms. The van der Waals surface area contributed by atoms with Crippen molar-refractivity contribution in [3.63, 3.8) is 0 Å². The summed E-state index contributed by atoms with van der Waals surface area (Å²) in [5.74, 6) is 0. The Morgan fingerprint density at radius 2 is 0.829 bits per heavy atom. The monoisotopic (exact) mass is 520 g/mol. The van der Waals surface area contributed by atoms with Crippen molar-refractivity contribution in [3.05, 3.63) is 146 Å². The molecule has 41 heavy (non-hydrogen) atoms. The minimum absolute atomic E-state index is 0.917. The van der Waals surface area contributed by atoms with Gasteiger partial charge in [-0.05, 0) is 66.3 Å². The van der Waals surface area contributed by atoms with Crippen molar-refractivity contribution in [2.75, 3.05) is 0 Å². The highest BCUT2D eigenvalue weighted by atomic mass is 16.3. The molecule has 0 saturated carbocycles. The van der Waals surface area contributed by atoms with Crippen LogP contribution in [0, 0.1) is 0 Å². The van der Waals surface area contributed by atoms with Crippen LogP contribution in [-0.2, 0) is 0 Å². The van der Waals surface area contributed by atoms with Crippen LogP contribution in [0.4, 0.5) is 0 Å². The number of benzene rings is 8. The normalized spacial score (nSPS) is 11.9. The molecule has 0 unspecified atom stereocenters. The van der Waals surface area contributed by atoms with E-state index in [1.165, 1.54) is 59.8 Å². The molecule has 0 saturated heterocycles. The van der Waals surface area contributed by atoms with Crippen LogP contribution in [0.25, 0.3) is 87.3 Å². The summed E-state index contributed by atoms with van der Waals surface area (Å²) in [4.78, 5) is 0. The van der Waals surface area contributed by atoms with E-state index < -0.39 is 0 Å². The van der Waals surface area contributed by atoms with Gasteiger partial charge in [0.1, 0.15) is 11.2 Å². The van der Waals surface area contributed by atoms with Crippen molar-refractivity contribution in [1.82, 2.24) is 0 Å². The largest absolute Gasteiger partial charge is 0.455 e. The van der Waals surface area contributed by atoms with E-state index in [2.05, 4.69) is 140 Å². The third-order valence-electron chi connectivity index (χ3n) is 8.63. The molecule has 0 spiro atoms. The van der Waals surface area contributed by atoms with Gasteiger partial charge in [-0.1, -0.05) is 133 Å². The van der Waals surface area contributed by atoms with Crippen LogP contribution in [0.2, 0.25) is 0 Å². The van der Waals surface area contributed by atoms with Crippen LogP contribution in [-0.4, -0.2) is 0 Å². The summed E-state index contributed by atoms with van der Waals surface area (Å²) in [5, 5.41) is 12.2. The number of hydrogen-bond donors (Lipinski definition) is 0. The lowest BCUT2D eigenvalue weighted by Gasteiger charge is -2.20. The molecule has 8 aromatic carbocycles. The van der Waals surface area contributed by atoms with Crippen molar-refractivity contribution in [2.24, 2.45) is 0 Å². The Labute approximate surface area is 236 Å². The maximum absolute atomic E-state index is 6.72. The highest BCUT2D eigenvalue weighted by Crippen LogP contribution is 2.49. The first-order valence-electron chi connectivity index (χ1n) is 14.1. The molecule has 0 fully saturated rings. The Bertz CT molecular complexity index is 2410. The number of para-hydroxylation sites is 1. The van der Waals surface area contributed by atoms with Crippen molar-refractivity contribution < 1.29 is 4.42 Å². The molecule has 0 aliphatic carbocycles. The third kappa shape index (κ3) is 3.18. The third-order valence-corrected chi connectivity index (χ3v) is 8.63. The SMILES string of the molecule is c1ccc2c(-c3c4ccccc4c(-c4c5ccccc5cc5c4oc4ccccc45)c4ccccc34)cccc2c1. The van der Waals surface area contributed by atoms with Gasteiger partial charge in [-0.2, -0.15) is 0 Å². The Hall–Kier alpha value is -5.40. The second kappa shape index (κ2) is 8.55. The molecule has 9 aromatic rings. The predicted octanol–water partition coefficient (Wildman–Crippen LogP) is 11.5. The molecule has 0 N–H and O–H groups in total. The molecule has 0 amide bonds. The van der Waals surface area contributed by atoms with E-state index in [0.29, 0.717) is 0 Å². The molecule has 0 aliphatic heterocycles. The summed E-state index contributed by atoms with van der Waals surface area (Å²) in [6.07, 6.45) is 0. The van der Waals surface area contributed by atoms with E-state index in [9.17, 15) is 0 Å². The van der Waals surface area contributed by atoms with Gasteiger partial charge in [0, 0.05) is 21.9 Å². The summed E-state index contributed by atoms with van der Waals surface area (Å²) < 4.78 is 6.72. The summed E-state index contributed by atoms with van der Waals surface area (Å²) in [7, 11) is 0. The number of hydrogen-bond acceptors (Lipinski definition) is 1. The molecule has 1 aromatic heterocycles. The smallest absolute Gasteiger partial charge is 0.143 e. The van der Waals surface area contributed by atoms with E-state index >= 15 is 0 Å². The van der Waals surface area contributed by atoms with Crippen LogP contribution in [0.15, 0.2) is 150 Å². The zero-order valence-corrected chi connectivity index (χ0v) is 22.3. The van der Waals surface area contributed by atoms with Gasteiger partial charge in [-0.3, -0.25) is 0 Å². The van der Waals surface area contributed by atoms with E-state index in [1.807, 2.05) is 6.07 Å². The van der Waals surface area contributed by atoms with Gasteiger partial charge in [-0.25, -0.2) is 0 Å². The first-order valence-corrected chi connectivity index (χ1v) is 14.1. The molecule has 190 valence electrons. The van der Waals surface area contributed by atoms with Crippen molar-refractivity contribution in [1.29, 1.82) is 0 Å². The van der Waals surface area contributed by atoms with Gasteiger partial charge in [0.2, 0.25) is 0 Å². The first kappa shape index (κ1) is 22.4. The van der Waals surface area contributed by atoms with E-state index in [0.717, 1.165) is 27.5 Å². The van der Waals surface area contributed by atoms with Gasteiger partial charge < -0.3 is 4.42 Å². The van der Waals surface area contributed by atoms with Crippen LogP contribution in [0.5, 0.6) is 0 Å². The zero-order chi connectivity index (χ0) is 26.9. The lowest BCUT2D eigenvalue weighted by Crippen LogP contribution is -1.92. The van der Waals surface area contributed by atoms with Crippen molar-refractivity contribution >= 4 is 65.0 Å². The van der Waals surface area contributed by atoms with Crippen molar-refractivity contribution in [2.45, 2.75) is 0 Å². The van der Waals surface area contributed by atoms with E-state index in [1.54, 1.807) is 0 Å². The quantitative estimate of drug-likeness (QED) is 0.207. The number of fused-ring (bicyclic) bond motifs is 7. The fraction of sp³-hybridized carbons (Fsp3) is 0. The second-order valence-corrected chi connectivity index (χ2v) is 10.8. The molecule has 0 atom stereocenters. The predicted molar refractivity (Wildman–Crippen MR) is 175 cm³/mol. The summed E-state index contributed by atoms with van der Waals surface area (Å²) in [5.41, 5.74) is 6.78. The van der Waals surface area contributed by atoms with E-state index in [4.69, 9.17) is 4.42 Å². The van der Waals surface area contributed by atoms with Crippen LogP contribution >= 0.6 is 0 Å². The summed E-state index contributed by atoms with van der Waals surface area (Å²) >= 11 is 0. The highest BCUT2D eigenvalue weighted by Gasteiger charge is 2.22. The fourth-order valence-corrected chi connectivity index (χ4v) is 6.90. The Kier molecular flexibility index (Phi) is 4.67. The number of furan rings is 1. The van der Waals surface area contributed by atoms with Gasteiger partial charge >= 0.3 is 0 Å². The molecule has 9 rings (SSSR count). The number of rotatable bonds is 2. The average Bonchev–Trinajstić information content (AvgIpc) is 3.41. The second-order valence-electron chi connectivity index (χ2n) is 10.8. The highest BCUT2D eigenvalue weighted by molar-refractivity contribution is 6.29. The van der Waals surface area contributed by atoms with Gasteiger partial charge in [0.15, 0.2) is 0 Å². The zero-order valence-electron chi connectivity index (χ0n) is 22.3. The van der Waals surface area contributed by atoms with Gasteiger partial charge in [0.05, 0.1) is 0 Å². The van der Waals surface area contributed by atoms with Gasteiger partial charge in [0.25, 0.3) is 0 Å². The standard InChI is InChI=1S/C40H24O/c1-3-15-27-25(12-1)14-11-22-30(27)37-31-18-5-7-20-33(31)38(34-21-8-6-19-32(34)37)39-28-16-4-2-13-26(28)24-35-29-17-9-10-23-36(29)41-40(35)39/h1-24H. The Morgan fingerprint density at radius 1 is 0.317 bits per heavy atom. The van der Waals surface area contributed by atoms with Gasteiger partial charge in [-0.15, -0.1) is 0 Å². The Morgan fingerprint density at radius 3 is 1.54 bits per heavy atom. The molecule has 0 aliphatic rings. The first-order chi connectivity index (χ1) is 20.4. The molecule has 0 bridgehead atoms. The minimum atomic E-state index is 0.917. The van der Waals surface area contributed by atoms with Crippen LogP contribution in [0.3, 0.4) is 0 Å².